The topological polar surface area (TPSA) is 59.0 Å². The van der Waals surface area contributed by atoms with E-state index in [-0.39, 0.29) is 30.7 Å². The summed E-state index contributed by atoms with van der Waals surface area (Å²) in [5.41, 5.74) is 2.05. The van der Waals surface area contributed by atoms with E-state index in [1.165, 1.54) is 0 Å². The van der Waals surface area contributed by atoms with Gasteiger partial charge in [0.25, 0.3) is 5.91 Å². The molecule has 1 aromatic heterocycles. The largest absolute Gasteiger partial charge is 0.347 e. The molecule has 0 bridgehead atoms. The number of nitrogens with one attached hydrogen (secondary N) is 2. The number of benzene rings is 2. The standard InChI is InChI=1S/C19H15ClF2N4O/c20-13-3-1-11(2-4-13)16-8-17-19(27)24-10-18(26(17)25-16)23-9-12-7-14(21)5-6-15(12)22/h1-8,18,23H,9-10H2,(H,24,27). The van der Waals surface area contributed by atoms with Crippen molar-refractivity contribution in [1.29, 1.82) is 0 Å². The average Bonchev–Trinajstić information content (AvgIpc) is 3.11. The van der Waals surface area contributed by atoms with Crippen LogP contribution < -0.4 is 10.6 Å². The monoisotopic (exact) mass is 388 g/mol. The van der Waals surface area contributed by atoms with Crippen LogP contribution in [0.4, 0.5) is 8.78 Å². The molecule has 27 heavy (non-hydrogen) atoms. The molecule has 1 aliphatic rings. The number of carbonyl (C=O) groups excluding carboxylic acids is 1. The minimum absolute atomic E-state index is 0.0969. The fourth-order valence-electron chi connectivity index (χ4n) is 2.99. The first-order valence-electron chi connectivity index (χ1n) is 8.32. The third-order valence-electron chi connectivity index (χ3n) is 4.40. The Balaban J connectivity index is 1.60. The SMILES string of the molecule is O=C1NCC(NCc2cc(F)ccc2F)n2nc(-c3ccc(Cl)cc3)cc21. The number of rotatable bonds is 4. The van der Waals surface area contributed by atoms with E-state index in [4.69, 9.17) is 11.6 Å². The number of hydrogen-bond donors (Lipinski definition) is 2. The van der Waals surface area contributed by atoms with Crippen LogP contribution >= 0.6 is 11.6 Å². The Morgan fingerprint density at radius 3 is 2.74 bits per heavy atom. The van der Waals surface area contributed by atoms with Crippen LogP contribution in [0.5, 0.6) is 0 Å². The predicted molar refractivity (Wildman–Crippen MR) is 97.2 cm³/mol. The first-order chi connectivity index (χ1) is 13.0. The lowest BCUT2D eigenvalue weighted by atomic mass is 10.1. The van der Waals surface area contributed by atoms with Gasteiger partial charge < -0.3 is 5.32 Å². The first kappa shape index (κ1) is 17.6. The van der Waals surface area contributed by atoms with E-state index >= 15 is 0 Å². The normalized spacial score (nSPS) is 16.1. The van der Waals surface area contributed by atoms with Crippen LogP contribution in [0.3, 0.4) is 0 Å². The van der Waals surface area contributed by atoms with Crippen LogP contribution in [0, 0.1) is 11.6 Å². The Morgan fingerprint density at radius 2 is 1.96 bits per heavy atom. The molecular weight excluding hydrogens is 374 g/mol. The molecule has 0 saturated carbocycles. The fourth-order valence-corrected chi connectivity index (χ4v) is 3.12. The second-order valence-corrected chi connectivity index (χ2v) is 6.65. The molecule has 3 aromatic rings. The molecule has 1 amide bonds. The van der Waals surface area contributed by atoms with Crippen molar-refractivity contribution >= 4 is 17.5 Å². The Hall–Kier alpha value is -2.77. The van der Waals surface area contributed by atoms with Crippen LogP contribution in [0.25, 0.3) is 11.3 Å². The summed E-state index contributed by atoms with van der Waals surface area (Å²) in [5.74, 6) is -1.24. The predicted octanol–water partition coefficient (Wildman–Crippen LogP) is 3.51. The summed E-state index contributed by atoms with van der Waals surface area (Å²) in [4.78, 5) is 12.2. The zero-order chi connectivity index (χ0) is 19.0. The lowest BCUT2D eigenvalue weighted by Gasteiger charge is -2.26. The summed E-state index contributed by atoms with van der Waals surface area (Å²) in [6.07, 6.45) is -0.388. The Labute approximate surface area is 159 Å². The van der Waals surface area contributed by atoms with E-state index in [2.05, 4.69) is 15.7 Å². The minimum atomic E-state index is -0.505. The van der Waals surface area contributed by atoms with Crippen molar-refractivity contribution in [3.63, 3.8) is 0 Å². The molecule has 0 spiro atoms. The van der Waals surface area contributed by atoms with Crippen molar-refractivity contribution in [2.24, 2.45) is 0 Å². The van der Waals surface area contributed by atoms with Crippen LogP contribution in [0.1, 0.15) is 22.2 Å². The number of fused-ring (bicyclic) bond motifs is 1. The van der Waals surface area contributed by atoms with Crippen LogP contribution in [0.2, 0.25) is 5.02 Å². The van der Waals surface area contributed by atoms with Crippen molar-refractivity contribution in [2.45, 2.75) is 12.7 Å². The maximum absolute atomic E-state index is 13.8. The lowest BCUT2D eigenvalue weighted by Crippen LogP contribution is -2.45. The number of nitrogens with zero attached hydrogens (tertiary/aromatic N) is 2. The van der Waals surface area contributed by atoms with Gasteiger partial charge in [0.15, 0.2) is 0 Å². The highest BCUT2D eigenvalue weighted by molar-refractivity contribution is 6.30. The van der Waals surface area contributed by atoms with Crippen LogP contribution in [0.15, 0.2) is 48.5 Å². The summed E-state index contributed by atoms with van der Waals surface area (Å²) in [5, 5.41) is 11.0. The number of hydrogen-bond acceptors (Lipinski definition) is 3. The zero-order valence-electron chi connectivity index (χ0n) is 14.0. The molecule has 0 saturated heterocycles. The smallest absolute Gasteiger partial charge is 0.269 e. The van der Waals surface area contributed by atoms with Gasteiger partial charge in [0.1, 0.15) is 23.5 Å². The molecule has 0 fully saturated rings. The number of aromatic nitrogens is 2. The van der Waals surface area contributed by atoms with Crippen LogP contribution in [-0.4, -0.2) is 22.2 Å². The highest BCUT2D eigenvalue weighted by Crippen LogP contribution is 2.24. The number of amides is 1. The van der Waals surface area contributed by atoms with Gasteiger partial charge in [-0.25, -0.2) is 13.5 Å². The second-order valence-electron chi connectivity index (χ2n) is 6.21. The number of carbonyl (C=O) groups is 1. The lowest BCUT2D eigenvalue weighted by molar-refractivity contribution is 0.0900. The summed E-state index contributed by atoms with van der Waals surface area (Å²) in [6, 6.07) is 12.1. The molecule has 138 valence electrons. The molecule has 1 aliphatic heterocycles. The van der Waals surface area contributed by atoms with E-state index in [0.717, 1.165) is 23.8 Å². The van der Waals surface area contributed by atoms with Gasteiger partial charge in [-0.05, 0) is 36.4 Å². The summed E-state index contributed by atoms with van der Waals surface area (Å²) >= 11 is 5.91. The van der Waals surface area contributed by atoms with Crippen LogP contribution in [-0.2, 0) is 6.54 Å². The molecule has 0 aliphatic carbocycles. The van der Waals surface area contributed by atoms with Crippen molar-refractivity contribution in [2.75, 3.05) is 6.54 Å². The Bertz CT molecular complexity index is 1000. The summed E-state index contributed by atoms with van der Waals surface area (Å²) in [7, 11) is 0. The molecule has 1 unspecified atom stereocenters. The van der Waals surface area contributed by atoms with Crippen molar-refractivity contribution < 1.29 is 13.6 Å². The molecule has 1 atom stereocenters. The Morgan fingerprint density at radius 1 is 1.19 bits per heavy atom. The molecule has 2 N–H and O–H groups in total. The van der Waals surface area contributed by atoms with Gasteiger partial charge in [-0.1, -0.05) is 23.7 Å². The quantitative estimate of drug-likeness (QED) is 0.719. The van der Waals surface area contributed by atoms with Gasteiger partial charge in [0.05, 0.1) is 12.2 Å². The summed E-state index contributed by atoms with van der Waals surface area (Å²) in [6.45, 7) is 0.379. The fraction of sp³-hybridized carbons (Fsp3) is 0.158. The minimum Gasteiger partial charge on any atom is -0.347 e. The number of halogens is 3. The third kappa shape index (κ3) is 3.56. The molecule has 4 rings (SSSR count). The maximum Gasteiger partial charge on any atom is 0.269 e. The molecule has 2 heterocycles. The van der Waals surface area contributed by atoms with Gasteiger partial charge in [-0.15, -0.1) is 0 Å². The molecule has 2 aromatic carbocycles. The van der Waals surface area contributed by atoms with Gasteiger partial charge >= 0.3 is 0 Å². The summed E-state index contributed by atoms with van der Waals surface area (Å²) < 4.78 is 28.7. The van der Waals surface area contributed by atoms with E-state index in [0.29, 0.717) is 16.4 Å². The van der Waals surface area contributed by atoms with E-state index < -0.39 is 11.6 Å². The molecular formula is C19H15ClF2N4O. The third-order valence-corrected chi connectivity index (χ3v) is 4.65. The molecule has 8 heteroatoms. The molecule has 0 radical (unpaired) electrons. The van der Waals surface area contributed by atoms with Crippen molar-refractivity contribution in [3.05, 3.63) is 76.4 Å². The average molecular weight is 389 g/mol. The highest BCUT2D eigenvalue weighted by atomic mass is 35.5. The van der Waals surface area contributed by atoms with E-state index in [1.54, 1.807) is 22.9 Å². The van der Waals surface area contributed by atoms with Gasteiger partial charge in [-0.2, -0.15) is 5.10 Å². The van der Waals surface area contributed by atoms with E-state index in [1.807, 2.05) is 12.1 Å². The maximum atomic E-state index is 13.8. The highest BCUT2D eigenvalue weighted by Gasteiger charge is 2.27. The van der Waals surface area contributed by atoms with E-state index in [9.17, 15) is 13.6 Å². The first-order valence-corrected chi connectivity index (χ1v) is 8.70. The molecule has 5 nitrogen and oxygen atoms in total. The van der Waals surface area contributed by atoms with Crippen molar-refractivity contribution in [1.82, 2.24) is 20.4 Å². The van der Waals surface area contributed by atoms with Crippen molar-refractivity contribution in [3.8, 4) is 11.3 Å². The Kier molecular flexibility index (Phi) is 4.63. The van der Waals surface area contributed by atoms with Gasteiger partial charge in [0, 0.05) is 22.7 Å². The second kappa shape index (κ2) is 7.09. The van der Waals surface area contributed by atoms with Gasteiger partial charge in [-0.3, -0.25) is 10.1 Å². The van der Waals surface area contributed by atoms with Gasteiger partial charge in [0.2, 0.25) is 0 Å². The zero-order valence-corrected chi connectivity index (χ0v) is 14.8.